The van der Waals surface area contributed by atoms with Crippen molar-refractivity contribution >= 4 is 24.2 Å². The summed E-state index contributed by atoms with van der Waals surface area (Å²) in [6.07, 6.45) is 3.83. The molecule has 3 heteroatoms. The van der Waals surface area contributed by atoms with E-state index in [1.54, 1.807) is 0 Å². The molecule has 1 unspecified atom stereocenters. The zero-order valence-corrected chi connectivity index (χ0v) is 6.80. The summed E-state index contributed by atoms with van der Waals surface area (Å²) in [6.45, 7) is 0. The van der Waals surface area contributed by atoms with E-state index in [2.05, 4.69) is 0 Å². The van der Waals surface area contributed by atoms with Crippen molar-refractivity contribution in [2.45, 2.75) is 24.6 Å². The van der Waals surface area contributed by atoms with Crippen molar-refractivity contribution in [1.82, 2.24) is 0 Å². The van der Waals surface area contributed by atoms with Gasteiger partial charge in [-0.1, -0.05) is 0 Å². The standard InChI is InChI=1S/C8H9ClO2/c9-8-3-1-2-6(4-10)7(8)5-11/h4-5,8H,1-3H2. The third kappa shape index (κ3) is 1.69. The first kappa shape index (κ1) is 8.47. The Bertz CT molecular complexity index is 208. The van der Waals surface area contributed by atoms with Gasteiger partial charge in [-0.3, -0.25) is 9.59 Å². The third-order valence-electron chi connectivity index (χ3n) is 1.88. The summed E-state index contributed by atoms with van der Waals surface area (Å²) in [5, 5.41) is -0.249. The van der Waals surface area contributed by atoms with Crippen LogP contribution in [-0.2, 0) is 9.59 Å². The van der Waals surface area contributed by atoms with Gasteiger partial charge in [0.25, 0.3) is 0 Å². The van der Waals surface area contributed by atoms with Gasteiger partial charge in [-0.25, -0.2) is 0 Å². The van der Waals surface area contributed by atoms with Crippen LogP contribution in [-0.4, -0.2) is 17.9 Å². The van der Waals surface area contributed by atoms with Crippen molar-refractivity contribution in [1.29, 1.82) is 0 Å². The average molecular weight is 173 g/mol. The van der Waals surface area contributed by atoms with Crippen LogP contribution in [0.2, 0.25) is 0 Å². The highest BCUT2D eigenvalue weighted by molar-refractivity contribution is 6.25. The lowest BCUT2D eigenvalue weighted by Crippen LogP contribution is -2.13. The molecule has 0 N–H and O–H groups in total. The van der Waals surface area contributed by atoms with E-state index in [9.17, 15) is 9.59 Å². The Kier molecular flexibility index (Phi) is 2.83. The lowest BCUT2D eigenvalue weighted by Gasteiger charge is -2.17. The number of alkyl halides is 1. The van der Waals surface area contributed by atoms with Gasteiger partial charge in [0.2, 0.25) is 0 Å². The van der Waals surface area contributed by atoms with E-state index in [-0.39, 0.29) is 5.38 Å². The molecule has 0 heterocycles. The molecular weight excluding hydrogens is 164 g/mol. The van der Waals surface area contributed by atoms with E-state index in [0.717, 1.165) is 19.1 Å². The van der Waals surface area contributed by atoms with E-state index < -0.39 is 0 Å². The molecule has 0 aromatic carbocycles. The van der Waals surface area contributed by atoms with Gasteiger partial charge in [-0.2, -0.15) is 0 Å². The first-order chi connectivity index (χ1) is 5.29. The summed E-state index contributed by atoms with van der Waals surface area (Å²) in [6, 6.07) is 0. The van der Waals surface area contributed by atoms with Crippen molar-refractivity contribution in [2.75, 3.05) is 0 Å². The van der Waals surface area contributed by atoms with E-state index >= 15 is 0 Å². The van der Waals surface area contributed by atoms with Crippen molar-refractivity contribution in [3.63, 3.8) is 0 Å². The van der Waals surface area contributed by atoms with Crippen molar-refractivity contribution in [2.24, 2.45) is 0 Å². The van der Waals surface area contributed by atoms with Gasteiger partial charge in [0.15, 0.2) is 0 Å². The topological polar surface area (TPSA) is 34.1 Å². The van der Waals surface area contributed by atoms with Crippen LogP contribution in [0.25, 0.3) is 0 Å². The smallest absolute Gasteiger partial charge is 0.147 e. The summed E-state index contributed by atoms with van der Waals surface area (Å²) in [4.78, 5) is 20.8. The molecule has 1 aliphatic rings. The fraction of sp³-hybridized carbons (Fsp3) is 0.500. The van der Waals surface area contributed by atoms with E-state index in [0.29, 0.717) is 23.9 Å². The van der Waals surface area contributed by atoms with Crippen LogP contribution < -0.4 is 0 Å². The summed E-state index contributed by atoms with van der Waals surface area (Å²) in [5.41, 5.74) is 1.05. The molecule has 0 aromatic heterocycles. The van der Waals surface area contributed by atoms with Crippen LogP contribution in [0.5, 0.6) is 0 Å². The van der Waals surface area contributed by atoms with Gasteiger partial charge in [-0.05, 0) is 24.8 Å². The normalized spacial score (nSPS) is 25.0. The Labute approximate surface area is 70.2 Å². The van der Waals surface area contributed by atoms with E-state index in [4.69, 9.17) is 11.6 Å². The molecule has 1 atom stereocenters. The van der Waals surface area contributed by atoms with Crippen LogP contribution in [0.3, 0.4) is 0 Å². The Morgan fingerprint density at radius 2 is 2.09 bits per heavy atom. The molecule has 0 aromatic rings. The number of allylic oxidation sites excluding steroid dienone is 2. The van der Waals surface area contributed by atoms with Gasteiger partial charge in [0, 0.05) is 5.57 Å². The zero-order chi connectivity index (χ0) is 8.27. The predicted molar refractivity (Wildman–Crippen MR) is 42.6 cm³/mol. The maximum atomic E-state index is 10.4. The molecule has 1 rings (SSSR count). The number of hydrogen-bond acceptors (Lipinski definition) is 2. The number of aldehydes is 2. The molecule has 0 saturated carbocycles. The minimum Gasteiger partial charge on any atom is -0.298 e. The van der Waals surface area contributed by atoms with Crippen LogP contribution >= 0.6 is 11.6 Å². The van der Waals surface area contributed by atoms with Gasteiger partial charge >= 0.3 is 0 Å². The molecule has 0 radical (unpaired) electrons. The van der Waals surface area contributed by atoms with Crippen LogP contribution in [0, 0.1) is 0 Å². The second-order valence-corrected chi connectivity index (χ2v) is 3.10. The van der Waals surface area contributed by atoms with Gasteiger partial charge in [0.05, 0.1) is 5.38 Å². The quantitative estimate of drug-likeness (QED) is 0.467. The molecule has 11 heavy (non-hydrogen) atoms. The molecule has 0 bridgehead atoms. The fourth-order valence-corrected chi connectivity index (χ4v) is 1.60. The molecule has 60 valence electrons. The summed E-state index contributed by atoms with van der Waals surface area (Å²) in [5.74, 6) is 0. The van der Waals surface area contributed by atoms with Gasteiger partial charge in [-0.15, -0.1) is 11.6 Å². The Hall–Kier alpha value is -0.630. The molecular formula is C8H9ClO2. The zero-order valence-electron chi connectivity index (χ0n) is 6.05. The highest BCUT2D eigenvalue weighted by Crippen LogP contribution is 2.26. The van der Waals surface area contributed by atoms with Gasteiger partial charge < -0.3 is 0 Å². The molecule has 0 fully saturated rings. The SMILES string of the molecule is O=CC1=C(C=O)C(Cl)CCC1. The second kappa shape index (κ2) is 3.67. The number of carbonyl (C=O) groups excluding carboxylic acids is 2. The fourth-order valence-electron chi connectivity index (χ4n) is 1.25. The third-order valence-corrected chi connectivity index (χ3v) is 2.33. The number of halogens is 1. The Morgan fingerprint density at radius 1 is 1.36 bits per heavy atom. The predicted octanol–water partition coefficient (Wildman–Crippen LogP) is 1.47. The Balaban J connectivity index is 2.94. The summed E-state index contributed by atoms with van der Waals surface area (Å²) in [7, 11) is 0. The highest BCUT2D eigenvalue weighted by Gasteiger charge is 2.19. The minimum absolute atomic E-state index is 0.249. The molecule has 0 amide bonds. The van der Waals surface area contributed by atoms with Crippen molar-refractivity contribution < 1.29 is 9.59 Å². The maximum absolute atomic E-state index is 10.4. The van der Waals surface area contributed by atoms with E-state index in [1.807, 2.05) is 0 Å². The number of carbonyl (C=O) groups is 2. The molecule has 0 saturated heterocycles. The van der Waals surface area contributed by atoms with E-state index in [1.165, 1.54) is 0 Å². The summed E-state index contributed by atoms with van der Waals surface area (Å²) < 4.78 is 0. The molecule has 2 nitrogen and oxygen atoms in total. The average Bonchev–Trinajstić information content (AvgIpc) is 2.04. The second-order valence-electron chi connectivity index (χ2n) is 2.58. The van der Waals surface area contributed by atoms with Crippen LogP contribution in [0.4, 0.5) is 0 Å². The largest absolute Gasteiger partial charge is 0.298 e. The van der Waals surface area contributed by atoms with Crippen LogP contribution in [0.1, 0.15) is 19.3 Å². The van der Waals surface area contributed by atoms with Crippen molar-refractivity contribution in [3.8, 4) is 0 Å². The van der Waals surface area contributed by atoms with Crippen LogP contribution in [0.15, 0.2) is 11.1 Å². The Morgan fingerprint density at radius 3 is 2.55 bits per heavy atom. The lowest BCUT2D eigenvalue weighted by molar-refractivity contribution is -0.107. The number of hydrogen-bond donors (Lipinski definition) is 0. The first-order valence-corrected chi connectivity index (χ1v) is 4.00. The highest BCUT2D eigenvalue weighted by atomic mass is 35.5. The first-order valence-electron chi connectivity index (χ1n) is 3.57. The maximum Gasteiger partial charge on any atom is 0.147 e. The lowest BCUT2D eigenvalue weighted by atomic mass is 9.93. The van der Waals surface area contributed by atoms with Crippen molar-refractivity contribution in [3.05, 3.63) is 11.1 Å². The van der Waals surface area contributed by atoms with Gasteiger partial charge in [0.1, 0.15) is 12.6 Å². The molecule has 0 spiro atoms. The monoisotopic (exact) mass is 172 g/mol. The summed E-state index contributed by atoms with van der Waals surface area (Å²) >= 11 is 5.81. The number of rotatable bonds is 2. The minimum atomic E-state index is -0.249. The molecule has 1 aliphatic carbocycles. The molecule has 0 aliphatic heterocycles.